The Morgan fingerprint density at radius 3 is 2.24 bits per heavy atom. The van der Waals surface area contributed by atoms with E-state index in [1.54, 1.807) is 31.2 Å². The van der Waals surface area contributed by atoms with Gasteiger partial charge in [0.25, 0.3) is 5.91 Å². The first-order valence-corrected chi connectivity index (χ1v) is 6.65. The SMILES string of the molecule is CCc1noc(C)c1C(=O)Nc1ccc(NC(C)=O)cc1. The van der Waals surface area contributed by atoms with Gasteiger partial charge in [0.05, 0.1) is 5.69 Å². The molecule has 1 aromatic heterocycles. The summed E-state index contributed by atoms with van der Waals surface area (Å²) in [5, 5.41) is 9.31. The van der Waals surface area contributed by atoms with Crippen LogP contribution in [-0.4, -0.2) is 17.0 Å². The van der Waals surface area contributed by atoms with Gasteiger partial charge in [0.1, 0.15) is 11.3 Å². The number of hydrogen-bond donors (Lipinski definition) is 2. The number of aryl methyl sites for hydroxylation is 2. The van der Waals surface area contributed by atoms with Crippen molar-refractivity contribution in [3.8, 4) is 0 Å². The van der Waals surface area contributed by atoms with E-state index in [2.05, 4.69) is 15.8 Å². The van der Waals surface area contributed by atoms with Gasteiger partial charge in [-0.05, 0) is 37.6 Å². The van der Waals surface area contributed by atoms with Gasteiger partial charge in [0.2, 0.25) is 5.91 Å². The third-order valence-corrected chi connectivity index (χ3v) is 2.96. The molecule has 0 atom stereocenters. The van der Waals surface area contributed by atoms with E-state index in [0.717, 1.165) is 0 Å². The molecule has 2 amide bonds. The highest BCUT2D eigenvalue weighted by Crippen LogP contribution is 2.18. The van der Waals surface area contributed by atoms with E-state index in [4.69, 9.17) is 4.52 Å². The van der Waals surface area contributed by atoms with Crippen LogP contribution in [0.5, 0.6) is 0 Å². The monoisotopic (exact) mass is 287 g/mol. The van der Waals surface area contributed by atoms with Crippen LogP contribution >= 0.6 is 0 Å². The average Bonchev–Trinajstić information content (AvgIpc) is 2.81. The number of benzene rings is 1. The molecule has 2 N–H and O–H groups in total. The van der Waals surface area contributed by atoms with Crippen LogP contribution in [-0.2, 0) is 11.2 Å². The molecule has 0 saturated carbocycles. The Labute approximate surface area is 122 Å². The fourth-order valence-electron chi connectivity index (χ4n) is 1.98. The van der Waals surface area contributed by atoms with Crippen molar-refractivity contribution in [3.05, 3.63) is 41.3 Å². The number of nitrogens with one attached hydrogen (secondary N) is 2. The molecule has 110 valence electrons. The molecule has 0 aliphatic heterocycles. The Hall–Kier alpha value is -2.63. The van der Waals surface area contributed by atoms with Gasteiger partial charge < -0.3 is 15.2 Å². The lowest BCUT2D eigenvalue weighted by molar-refractivity contribution is -0.114. The van der Waals surface area contributed by atoms with E-state index >= 15 is 0 Å². The predicted molar refractivity (Wildman–Crippen MR) is 79.3 cm³/mol. The predicted octanol–water partition coefficient (Wildman–Crippen LogP) is 2.76. The molecule has 0 spiro atoms. The molecule has 1 aromatic carbocycles. The minimum absolute atomic E-state index is 0.139. The Morgan fingerprint density at radius 2 is 1.71 bits per heavy atom. The second kappa shape index (κ2) is 6.21. The molecule has 0 fully saturated rings. The summed E-state index contributed by atoms with van der Waals surface area (Å²) in [5.41, 5.74) is 2.43. The second-order valence-corrected chi connectivity index (χ2v) is 4.63. The Bertz CT molecular complexity index is 659. The van der Waals surface area contributed by atoms with E-state index in [1.165, 1.54) is 6.92 Å². The van der Waals surface area contributed by atoms with Gasteiger partial charge >= 0.3 is 0 Å². The van der Waals surface area contributed by atoms with E-state index < -0.39 is 0 Å². The molecular formula is C15H17N3O3. The number of carbonyl (C=O) groups excluding carboxylic acids is 2. The van der Waals surface area contributed by atoms with Crippen molar-refractivity contribution in [2.24, 2.45) is 0 Å². The van der Waals surface area contributed by atoms with Gasteiger partial charge in [0, 0.05) is 18.3 Å². The highest BCUT2D eigenvalue weighted by Gasteiger charge is 2.19. The summed E-state index contributed by atoms with van der Waals surface area (Å²) in [6.45, 7) is 5.06. The number of amides is 2. The molecule has 2 aromatic rings. The average molecular weight is 287 g/mol. The maximum Gasteiger partial charge on any atom is 0.261 e. The number of hydrogen-bond acceptors (Lipinski definition) is 4. The highest BCUT2D eigenvalue weighted by atomic mass is 16.5. The van der Waals surface area contributed by atoms with Gasteiger partial charge in [-0.15, -0.1) is 0 Å². The minimum Gasteiger partial charge on any atom is -0.361 e. The standard InChI is InChI=1S/C15H17N3O3/c1-4-13-14(9(2)21-18-13)15(20)17-12-7-5-11(6-8-12)16-10(3)19/h5-8H,4H2,1-3H3,(H,16,19)(H,17,20). The van der Waals surface area contributed by atoms with Gasteiger partial charge in [-0.1, -0.05) is 12.1 Å². The van der Waals surface area contributed by atoms with Crippen molar-refractivity contribution in [1.29, 1.82) is 0 Å². The minimum atomic E-state index is -0.252. The molecule has 0 bridgehead atoms. The van der Waals surface area contributed by atoms with E-state index in [0.29, 0.717) is 34.8 Å². The zero-order chi connectivity index (χ0) is 15.4. The number of rotatable bonds is 4. The molecule has 0 aliphatic carbocycles. The maximum atomic E-state index is 12.3. The Kier molecular flexibility index (Phi) is 4.37. The summed E-state index contributed by atoms with van der Waals surface area (Å²) in [6, 6.07) is 6.88. The number of aromatic nitrogens is 1. The third-order valence-electron chi connectivity index (χ3n) is 2.96. The maximum absolute atomic E-state index is 12.3. The van der Waals surface area contributed by atoms with Crippen LogP contribution in [0.2, 0.25) is 0 Å². The summed E-state index contributed by atoms with van der Waals surface area (Å²) in [7, 11) is 0. The van der Waals surface area contributed by atoms with Crippen molar-refractivity contribution in [2.45, 2.75) is 27.2 Å². The van der Waals surface area contributed by atoms with Crippen LogP contribution in [0.3, 0.4) is 0 Å². The van der Waals surface area contributed by atoms with Gasteiger partial charge in [0.15, 0.2) is 0 Å². The van der Waals surface area contributed by atoms with Crippen molar-refractivity contribution < 1.29 is 14.1 Å². The number of anilines is 2. The first kappa shape index (κ1) is 14.8. The quantitative estimate of drug-likeness (QED) is 0.905. The van der Waals surface area contributed by atoms with Crippen molar-refractivity contribution in [2.75, 3.05) is 10.6 Å². The lowest BCUT2D eigenvalue weighted by Crippen LogP contribution is -2.14. The first-order chi connectivity index (χ1) is 10.0. The molecule has 2 rings (SSSR count). The van der Waals surface area contributed by atoms with Crippen molar-refractivity contribution in [1.82, 2.24) is 5.16 Å². The van der Waals surface area contributed by atoms with E-state index in [9.17, 15) is 9.59 Å². The van der Waals surface area contributed by atoms with E-state index in [1.807, 2.05) is 6.92 Å². The summed E-state index contributed by atoms with van der Waals surface area (Å²) in [4.78, 5) is 23.2. The lowest BCUT2D eigenvalue weighted by atomic mass is 10.1. The summed E-state index contributed by atoms with van der Waals surface area (Å²) in [5.74, 6) is 0.108. The summed E-state index contributed by atoms with van der Waals surface area (Å²) < 4.78 is 5.05. The molecule has 0 saturated heterocycles. The van der Waals surface area contributed by atoms with Crippen LogP contribution in [0.15, 0.2) is 28.8 Å². The molecule has 6 heteroatoms. The molecule has 0 unspecified atom stereocenters. The molecule has 21 heavy (non-hydrogen) atoms. The molecular weight excluding hydrogens is 270 g/mol. The summed E-state index contributed by atoms with van der Waals surface area (Å²) in [6.07, 6.45) is 0.627. The van der Waals surface area contributed by atoms with Crippen LogP contribution in [0, 0.1) is 6.92 Å². The van der Waals surface area contributed by atoms with Crippen molar-refractivity contribution in [3.63, 3.8) is 0 Å². The van der Waals surface area contributed by atoms with E-state index in [-0.39, 0.29) is 11.8 Å². The zero-order valence-corrected chi connectivity index (χ0v) is 12.2. The second-order valence-electron chi connectivity index (χ2n) is 4.63. The van der Waals surface area contributed by atoms with Crippen LogP contribution in [0.25, 0.3) is 0 Å². The van der Waals surface area contributed by atoms with Gasteiger partial charge in [-0.25, -0.2) is 0 Å². The largest absolute Gasteiger partial charge is 0.361 e. The first-order valence-electron chi connectivity index (χ1n) is 6.65. The zero-order valence-electron chi connectivity index (χ0n) is 12.2. The fraction of sp³-hybridized carbons (Fsp3) is 0.267. The van der Waals surface area contributed by atoms with Crippen LogP contribution in [0.4, 0.5) is 11.4 Å². The number of nitrogens with zero attached hydrogens (tertiary/aromatic N) is 1. The van der Waals surface area contributed by atoms with Gasteiger partial charge in [-0.3, -0.25) is 9.59 Å². The number of carbonyl (C=O) groups is 2. The lowest BCUT2D eigenvalue weighted by Gasteiger charge is -2.07. The molecule has 1 heterocycles. The summed E-state index contributed by atoms with van der Waals surface area (Å²) >= 11 is 0. The smallest absolute Gasteiger partial charge is 0.261 e. The molecule has 0 aliphatic rings. The van der Waals surface area contributed by atoms with Crippen LogP contribution < -0.4 is 10.6 Å². The Balaban J connectivity index is 2.12. The molecule has 0 radical (unpaired) electrons. The third kappa shape index (κ3) is 3.47. The Morgan fingerprint density at radius 1 is 1.14 bits per heavy atom. The fourth-order valence-corrected chi connectivity index (χ4v) is 1.98. The van der Waals surface area contributed by atoms with Crippen LogP contribution in [0.1, 0.15) is 35.7 Å². The highest BCUT2D eigenvalue weighted by molar-refractivity contribution is 6.05. The van der Waals surface area contributed by atoms with Gasteiger partial charge in [-0.2, -0.15) is 0 Å². The van der Waals surface area contributed by atoms with Crippen molar-refractivity contribution >= 4 is 23.2 Å². The normalized spacial score (nSPS) is 10.2. The molecule has 6 nitrogen and oxygen atoms in total. The topological polar surface area (TPSA) is 84.2 Å².